The number of rotatable bonds is 4. The van der Waals surface area contributed by atoms with E-state index in [4.69, 9.17) is 4.98 Å². The van der Waals surface area contributed by atoms with Crippen LogP contribution in [0, 0.1) is 3.57 Å². The monoisotopic (exact) mass is 392 g/mol. The number of hydrogen-bond acceptors (Lipinski definition) is 3. The summed E-state index contributed by atoms with van der Waals surface area (Å²) in [4.78, 5) is 4.72. The average Bonchev–Trinajstić information content (AvgIpc) is 2.91. The summed E-state index contributed by atoms with van der Waals surface area (Å²) in [7, 11) is 0. The molecule has 5 heteroatoms. The van der Waals surface area contributed by atoms with Gasteiger partial charge in [0.1, 0.15) is 0 Å². The number of benzene rings is 1. The SMILES string of the molecule is CC(C)NCc1cc(-n2cc(I)cn2)nc2ccccc12. The molecule has 0 unspecified atom stereocenters. The number of pyridine rings is 1. The van der Waals surface area contributed by atoms with Crippen molar-refractivity contribution in [2.75, 3.05) is 0 Å². The molecule has 108 valence electrons. The molecule has 1 aromatic carbocycles. The molecule has 4 nitrogen and oxygen atoms in total. The third-order valence-corrected chi connectivity index (χ3v) is 3.83. The molecule has 0 atom stereocenters. The minimum atomic E-state index is 0.450. The second-order valence-corrected chi connectivity index (χ2v) is 6.54. The van der Waals surface area contributed by atoms with Crippen LogP contribution in [0.3, 0.4) is 0 Å². The first-order valence-corrected chi connectivity index (χ1v) is 8.04. The van der Waals surface area contributed by atoms with Crippen LogP contribution in [0.15, 0.2) is 42.7 Å². The van der Waals surface area contributed by atoms with Gasteiger partial charge in [-0.15, -0.1) is 0 Å². The Morgan fingerprint density at radius 2 is 2.10 bits per heavy atom. The standard InChI is InChI=1S/C16H17IN4/c1-11(2)18-8-12-7-16(21-10-13(17)9-19-21)20-15-6-4-3-5-14(12)15/h3-7,9-11,18H,8H2,1-2H3. The Balaban J connectivity index is 2.10. The molecule has 0 saturated heterocycles. The van der Waals surface area contributed by atoms with Gasteiger partial charge < -0.3 is 5.32 Å². The summed E-state index contributed by atoms with van der Waals surface area (Å²) >= 11 is 2.26. The smallest absolute Gasteiger partial charge is 0.154 e. The van der Waals surface area contributed by atoms with Crippen molar-refractivity contribution in [3.8, 4) is 5.82 Å². The summed E-state index contributed by atoms with van der Waals surface area (Å²) in [5.74, 6) is 0.858. The number of para-hydroxylation sites is 1. The number of aromatic nitrogens is 3. The van der Waals surface area contributed by atoms with E-state index < -0.39 is 0 Å². The predicted octanol–water partition coefficient (Wildman–Crippen LogP) is 3.52. The molecule has 3 rings (SSSR count). The topological polar surface area (TPSA) is 42.7 Å². The molecule has 0 fully saturated rings. The zero-order chi connectivity index (χ0) is 14.8. The number of nitrogens with zero attached hydrogens (tertiary/aromatic N) is 3. The quantitative estimate of drug-likeness (QED) is 0.691. The van der Waals surface area contributed by atoms with Gasteiger partial charge in [-0.25, -0.2) is 9.67 Å². The lowest BCUT2D eigenvalue weighted by Gasteiger charge is -2.12. The van der Waals surface area contributed by atoms with Crippen LogP contribution in [0.5, 0.6) is 0 Å². The van der Waals surface area contributed by atoms with Crippen molar-refractivity contribution in [2.45, 2.75) is 26.4 Å². The third-order valence-electron chi connectivity index (χ3n) is 3.27. The molecule has 0 amide bonds. The van der Waals surface area contributed by atoms with E-state index in [1.54, 1.807) is 0 Å². The molecular formula is C16H17IN4. The summed E-state index contributed by atoms with van der Waals surface area (Å²) < 4.78 is 2.93. The number of nitrogens with one attached hydrogen (secondary N) is 1. The average molecular weight is 392 g/mol. The summed E-state index contributed by atoms with van der Waals surface area (Å²) in [5.41, 5.74) is 2.25. The number of hydrogen-bond donors (Lipinski definition) is 1. The van der Waals surface area contributed by atoms with Crippen molar-refractivity contribution >= 4 is 33.5 Å². The van der Waals surface area contributed by atoms with Crippen molar-refractivity contribution < 1.29 is 0 Å². The van der Waals surface area contributed by atoms with E-state index in [0.717, 1.165) is 21.4 Å². The van der Waals surface area contributed by atoms with Crippen molar-refractivity contribution in [3.63, 3.8) is 0 Å². The molecular weight excluding hydrogens is 375 g/mol. The van der Waals surface area contributed by atoms with Crippen LogP contribution in [0.1, 0.15) is 19.4 Å². The Morgan fingerprint density at radius 1 is 1.29 bits per heavy atom. The van der Waals surface area contributed by atoms with Gasteiger partial charge in [0.2, 0.25) is 0 Å². The Morgan fingerprint density at radius 3 is 2.81 bits per heavy atom. The molecule has 2 heterocycles. The Labute approximate surface area is 137 Å². The van der Waals surface area contributed by atoms with Crippen molar-refractivity contribution in [1.29, 1.82) is 0 Å². The van der Waals surface area contributed by atoms with E-state index in [2.05, 4.69) is 65.1 Å². The lowest BCUT2D eigenvalue weighted by Crippen LogP contribution is -2.22. The van der Waals surface area contributed by atoms with E-state index in [9.17, 15) is 0 Å². The fraction of sp³-hybridized carbons (Fsp3) is 0.250. The minimum absolute atomic E-state index is 0.450. The fourth-order valence-electron chi connectivity index (χ4n) is 2.24. The first-order chi connectivity index (χ1) is 10.1. The van der Waals surface area contributed by atoms with Gasteiger partial charge in [0.05, 0.1) is 15.3 Å². The molecule has 1 N–H and O–H groups in total. The van der Waals surface area contributed by atoms with Crippen LogP contribution in [-0.4, -0.2) is 20.8 Å². The van der Waals surface area contributed by atoms with Gasteiger partial charge in [-0.2, -0.15) is 5.10 Å². The van der Waals surface area contributed by atoms with Crippen molar-refractivity contribution in [1.82, 2.24) is 20.1 Å². The minimum Gasteiger partial charge on any atom is -0.310 e. The van der Waals surface area contributed by atoms with Gasteiger partial charge in [-0.05, 0) is 40.3 Å². The van der Waals surface area contributed by atoms with Gasteiger partial charge >= 0.3 is 0 Å². The first kappa shape index (κ1) is 14.5. The molecule has 0 aliphatic rings. The zero-order valence-corrected chi connectivity index (χ0v) is 14.2. The van der Waals surface area contributed by atoms with E-state index in [-0.39, 0.29) is 0 Å². The van der Waals surface area contributed by atoms with E-state index in [0.29, 0.717) is 6.04 Å². The first-order valence-electron chi connectivity index (χ1n) is 6.96. The van der Waals surface area contributed by atoms with Gasteiger partial charge in [0, 0.05) is 24.2 Å². The summed E-state index contributed by atoms with van der Waals surface area (Å²) in [5, 5.41) is 9.03. The van der Waals surface area contributed by atoms with Gasteiger partial charge in [-0.3, -0.25) is 0 Å². The second-order valence-electron chi connectivity index (χ2n) is 5.30. The second kappa shape index (κ2) is 6.11. The summed E-state index contributed by atoms with van der Waals surface area (Å²) in [6, 6.07) is 10.8. The highest BCUT2D eigenvalue weighted by atomic mass is 127. The lowest BCUT2D eigenvalue weighted by atomic mass is 10.1. The van der Waals surface area contributed by atoms with Gasteiger partial charge in [-0.1, -0.05) is 32.0 Å². The van der Waals surface area contributed by atoms with E-state index in [1.165, 1.54) is 10.9 Å². The van der Waals surface area contributed by atoms with Crippen LogP contribution < -0.4 is 5.32 Å². The molecule has 0 saturated carbocycles. The predicted molar refractivity (Wildman–Crippen MR) is 93.6 cm³/mol. The van der Waals surface area contributed by atoms with E-state index >= 15 is 0 Å². The van der Waals surface area contributed by atoms with Crippen LogP contribution in [0.4, 0.5) is 0 Å². The maximum absolute atomic E-state index is 4.72. The van der Waals surface area contributed by atoms with Gasteiger partial charge in [0.25, 0.3) is 0 Å². The third kappa shape index (κ3) is 3.24. The van der Waals surface area contributed by atoms with Gasteiger partial charge in [0.15, 0.2) is 5.82 Å². The number of halogens is 1. The van der Waals surface area contributed by atoms with E-state index in [1.807, 2.05) is 29.2 Å². The molecule has 0 aliphatic carbocycles. The summed E-state index contributed by atoms with van der Waals surface area (Å²) in [6.45, 7) is 5.13. The summed E-state index contributed by atoms with van der Waals surface area (Å²) in [6.07, 6.45) is 3.82. The highest BCUT2D eigenvalue weighted by molar-refractivity contribution is 14.1. The van der Waals surface area contributed by atoms with Crippen LogP contribution in [-0.2, 0) is 6.54 Å². The molecule has 0 aliphatic heterocycles. The Bertz CT molecular complexity index is 764. The molecule has 0 spiro atoms. The normalized spacial score (nSPS) is 11.4. The zero-order valence-electron chi connectivity index (χ0n) is 12.0. The maximum Gasteiger partial charge on any atom is 0.154 e. The van der Waals surface area contributed by atoms with Crippen molar-refractivity contribution in [3.05, 3.63) is 51.9 Å². The molecule has 0 bridgehead atoms. The Kier molecular flexibility index (Phi) is 4.21. The largest absolute Gasteiger partial charge is 0.310 e. The van der Waals surface area contributed by atoms with Crippen LogP contribution >= 0.6 is 22.6 Å². The number of fused-ring (bicyclic) bond motifs is 1. The van der Waals surface area contributed by atoms with Crippen molar-refractivity contribution in [2.24, 2.45) is 0 Å². The van der Waals surface area contributed by atoms with Crippen LogP contribution in [0.2, 0.25) is 0 Å². The molecule has 3 aromatic rings. The Hall–Kier alpha value is -1.47. The highest BCUT2D eigenvalue weighted by Gasteiger charge is 2.08. The fourth-order valence-corrected chi connectivity index (χ4v) is 2.62. The molecule has 0 radical (unpaired) electrons. The highest BCUT2D eigenvalue weighted by Crippen LogP contribution is 2.20. The maximum atomic E-state index is 4.72. The van der Waals surface area contributed by atoms with Crippen LogP contribution in [0.25, 0.3) is 16.7 Å². The molecule has 2 aromatic heterocycles. The lowest BCUT2D eigenvalue weighted by molar-refractivity contribution is 0.590. The molecule has 21 heavy (non-hydrogen) atoms.